The summed E-state index contributed by atoms with van der Waals surface area (Å²) >= 11 is 0. The molecule has 1 aliphatic carbocycles. The monoisotopic (exact) mass is 470 g/mol. The minimum atomic E-state index is -4.70. The van der Waals surface area contributed by atoms with E-state index < -0.39 is 29.6 Å². The second-order valence-corrected chi connectivity index (χ2v) is 8.65. The van der Waals surface area contributed by atoms with Gasteiger partial charge in [-0.2, -0.15) is 13.2 Å². The molecule has 176 valence electrons. The Hall–Kier alpha value is -3.53. The summed E-state index contributed by atoms with van der Waals surface area (Å²) < 4.78 is 38.8. The van der Waals surface area contributed by atoms with Crippen LogP contribution in [-0.4, -0.2) is 37.4 Å². The summed E-state index contributed by atoms with van der Waals surface area (Å²) in [7, 11) is 0. The molecule has 1 fully saturated rings. The zero-order valence-electron chi connectivity index (χ0n) is 18.0. The van der Waals surface area contributed by atoms with Crippen molar-refractivity contribution in [1.29, 1.82) is 0 Å². The number of carbonyl (C=O) groups excluding carboxylic acids is 1. The van der Waals surface area contributed by atoms with Gasteiger partial charge in [0.15, 0.2) is 6.10 Å². The van der Waals surface area contributed by atoms with E-state index in [-0.39, 0.29) is 24.1 Å². The van der Waals surface area contributed by atoms with E-state index in [1.165, 1.54) is 4.90 Å². The Kier molecular flexibility index (Phi) is 5.27. The predicted octanol–water partition coefficient (Wildman–Crippen LogP) is 2.88. The average molecular weight is 470 g/mol. The summed E-state index contributed by atoms with van der Waals surface area (Å²) in [5.74, 6) is -0.209. The summed E-state index contributed by atoms with van der Waals surface area (Å²) in [4.78, 5) is 38.0. The molecule has 3 aromatic rings. The predicted molar refractivity (Wildman–Crippen MR) is 115 cm³/mol. The van der Waals surface area contributed by atoms with Gasteiger partial charge in [-0.3, -0.25) is 9.59 Å². The van der Waals surface area contributed by atoms with Crippen molar-refractivity contribution in [3.05, 3.63) is 92.9 Å². The Balaban J connectivity index is 1.38. The highest BCUT2D eigenvalue weighted by Crippen LogP contribution is 2.51. The van der Waals surface area contributed by atoms with Crippen molar-refractivity contribution in [3.8, 4) is 0 Å². The highest BCUT2D eigenvalue weighted by Gasteiger charge is 2.48. The molecule has 5 rings (SSSR count). The Morgan fingerprint density at radius 2 is 1.82 bits per heavy atom. The van der Waals surface area contributed by atoms with Gasteiger partial charge in [0.05, 0.1) is 28.9 Å². The molecule has 0 bridgehead atoms. The van der Waals surface area contributed by atoms with Crippen LogP contribution < -0.4 is 5.56 Å². The van der Waals surface area contributed by atoms with Crippen molar-refractivity contribution in [3.63, 3.8) is 0 Å². The third-order valence-electron chi connectivity index (χ3n) is 6.49. The number of nitrogens with zero attached hydrogens (tertiary/aromatic N) is 3. The number of rotatable bonds is 4. The number of benzene rings is 1. The quantitative estimate of drug-likeness (QED) is 0.611. The van der Waals surface area contributed by atoms with Gasteiger partial charge in [0.25, 0.3) is 11.5 Å². The summed E-state index contributed by atoms with van der Waals surface area (Å²) in [5, 5.41) is 10.4. The first-order valence-electron chi connectivity index (χ1n) is 10.9. The lowest BCUT2D eigenvalue weighted by Gasteiger charge is -2.30. The number of aliphatic hydroxyl groups excluding tert-OH is 1. The minimum Gasteiger partial charge on any atom is -0.377 e. The Bertz CT molecular complexity index is 1300. The SMILES string of the molecule is O=C(C(O)c1cccc(C(F)(F)F)n1)N1CCc2nc(C3(c4ccccc4)CC3)[nH]c(=O)c2C1. The molecule has 1 unspecified atom stereocenters. The van der Waals surface area contributed by atoms with E-state index in [1.54, 1.807) is 0 Å². The first-order chi connectivity index (χ1) is 16.2. The van der Waals surface area contributed by atoms with Gasteiger partial charge in [0.1, 0.15) is 11.5 Å². The Labute approximate surface area is 192 Å². The van der Waals surface area contributed by atoms with Crippen LogP contribution in [0.1, 0.15) is 53.0 Å². The van der Waals surface area contributed by atoms with E-state index in [0.29, 0.717) is 23.5 Å². The largest absolute Gasteiger partial charge is 0.433 e. The molecule has 3 heterocycles. The molecule has 0 radical (unpaired) electrons. The number of nitrogens with one attached hydrogen (secondary N) is 1. The first-order valence-corrected chi connectivity index (χ1v) is 10.9. The van der Waals surface area contributed by atoms with E-state index in [0.717, 1.165) is 36.6 Å². The molecule has 7 nitrogen and oxygen atoms in total. The van der Waals surface area contributed by atoms with Crippen LogP contribution in [0.5, 0.6) is 0 Å². The number of H-pyrrole nitrogens is 1. The normalized spacial score (nSPS) is 17.7. The second kappa shape index (κ2) is 8.05. The number of hydrogen-bond acceptors (Lipinski definition) is 5. The molecular formula is C24H21F3N4O3. The van der Waals surface area contributed by atoms with E-state index in [2.05, 4.69) is 9.97 Å². The van der Waals surface area contributed by atoms with Gasteiger partial charge in [-0.15, -0.1) is 0 Å². The Morgan fingerprint density at radius 1 is 1.09 bits per heavy atom. The van der Waals surface area contributed by atoms with Crippen LogP contribution in [-0.2, 0) is 29.4 Å². The summed E-state index contributed by atoms with van der Waals surface area (Å²) in [6.45, 7) is 0.0845. The molecule has 1 atom stereocenters. The molecular weight excluding hydrogens is 449 g/mol. The lowest BCUT2D eigenvalue weighted by atomic mass is 9.94. The molecule has 1 saturated carbocycles. The van der Waals surface area contributed by atoms with Gasteiger partial charge >= 0.3 is 6.18 Å². The number of carbonyl (C=O) groups is 1. The third kappa shape index (κ3) is 3.87. The number of aromatic nitrogens is 3. The molecule has 0 saturated heterocycles. The highest BCUT2D eigenvalue weighted by atomic mass is 19.4. The van der Waals surface area contributed by atoms with Crippen LogP contribution in [0.25, 0.3) is 0 Å². The van der Waals surface area contributed by atoms with Gasteiger partial charge in [-0.05, 0) is 30.5 Å². The molecule has 1 aliphatic heterocycles. The van der Waals surface area contributed by atoms with Crippen LogP contribution in [0.3, 0.4) is 0 Å². The van der Waals surface area contributed by atoms with Crippen molar-refractivity contribution >= 4 is 5.91 Å². The molecule has 2 aliphatic rings. The number of fused-ring (bicyclic) bond motifs is 1. The number of amides is 1. The first kappa shape index (κ1) is 22.3. The fourth-order valence-corrected chi connectivity index (χ4v) is 4.45. The van der Waals surface area contributed by atoms with Crippen LogP contribution in [0, 0.1) is 0 Å². The maximum atomic E-state index is 12.9. The summed E-state index contributed by atoms with van der Waals surface area (Å²) in [5.41, 5.74) is -0.261. The second-order valence-electron chi connectivity index (χ2n) is 8.65. The Morgan fingerprint density at radius 3 is 2.50 bits per heavy atom. The zero-order chi connectivity index (χ0) is 24.1. The van der Waals surface area contributed by atoms with E-state index in [4.69, 9.17) is 4.98 Å². The molecule has 1 aromatic carbocycles. The van der Waals surface area contributed by atoms with Gasteiger partial charge in [0, 0.05) is 13.0 Å². The van der Waals surface area contributed by atoms with Gasteiger partial charge < -0.3 is 15.0 Å². The van der Waals surface area contributed by atoms with Gasteiger partial charge in [-0.25, -0.2) is 9.97 Å². The van der Waals surface area contributed by atoms with Crippen molar-refractivity contribution in [2.75, 3.05) is 6.54 Å². The average Bonchev–Trinajstić information content (AvgIpc) is 3.65. The van der Waals surface area contributed by atoms with E-state index in [9.17, 15) is 27.9 Å². The lowest BCUT2D eigenvalue weighted by molar-refractivity contribution is -0.144. The van der Waals surface area contributed by atoms with Crippen molar-refractivity contribution in [2.45, 2.75) is 43.5 Å². The highest BCUT2D eigenvalue weighted by molar-refractivity contribution is 5.81. The zero-order valence-corrected chi connectivity index (χ0v) is 18.0. The smallest absolute Gasteiger partial charge is 0.377 e. The van der Waals surface area contributed by atoms with E-state index in [1.807, 2.05) is 30.3 Å². The van der Waals surface area contributed by atoms with E-state index >= 15 is 0 Å². The summed E-state index contributed by atoms with van der Waals surface area (Å²) in [6, 6.07) is 12.9. The van der Waals surface area contributed by atoms with Crippen LogP contribution in [0.4, 0.5) is 13.2 Å². The van der Waals surface area contributed by atoms with Crippen LogP contribution in [0.15, 0.2) is 53.3 Å². The molecule has 1 amide bonds. The van der Waals surface area contributed by atoms with Crippen molar-refractivity contribution in [1.82, 2.24) is 19.9 Å². The maximum Gasteiger partial charge on any atom is 0.433 e. The molecule has 2 N–H and O–H groups in total. The minimum absolute atomic E-state index is 0.0921. The summed E-state index contributed by atoms with van der Waals surface area (Å²) in [6.07, 6.45) is -4.52. The number of alkyl halides is 3. The number of aliphatic hydroxyl groups is 1. The molecule has 2 aromatic heterocycles. The van der Waals surface area contributed by atoms with Gasteiger partial charge in [-0.1, -0.05) is 36.4 Å². The number of halogens is 3. The van der Waals surface area contributed by atoms with Crippen molar-refractivity contribution < 1.29 is 23.1 Å². The lowest BCUT2D eigenvalue weighted by Crippen LogP contribution is -2.42. The van der Waals surface area contributed by atoms with Crippen molar-refractivity contribution in [2.24, 2.45) is 0 Å². The number of pyridine rings is 1. The topological polar surface area (TPSA) is 99.2 Å². The fourth-order valence-electron chi connectivity index (χ4n) is 4.45. The van der Waals surface area contributed by atoms with Crippen LogP contribution >= 0.6 is 0 Å². The van der Waals surface area contributed by atoms with Crippen LogP contribution in [0.2, 0.25) is 0 Å². The maximum absolute atomic E-state index is 12.9. The fraction of sp³-hybridized carbons (Fsp3) is 0.333. The third-order valence-corrected chi connectivity index (χ3v) is 6.49. The molecule has 34 heavy (non-hydrogen) atoms. The van der Waals surface area contributed by atoms with Gasteiger partial charge in [0.2, 0.25) is 0 Å². The molecule has 0 spiro atoms. The number of aromatic amines is 1. The standard InChI is InChI=1S/C24H21F3N4O3/c25-24(26,27)18-8-4-7-17(28-18)19(32)21(34)31-12-9-16-15(13-31)20(33)30-22(29-16)23(10-11-23)14-5-2-1-3-6-14/h1-8,19,32H,9-13H2,(H,29,30,33). The number of hydrogen-bond donors (Lipinski definition) is 2. The molecule has 10 heteroatoms.